The van der Waals surface area contributed by atoms with Gasteiger partial charge in [-0.1, -0.05) is 18.5 Å². The summed E-state index contributed by atoms with van der Waals surface area (Å²) in [5.74, 6) is -0.883. The van der Waals surface area contributed by atoms with Crippen LogP contribution in [-0.4, -0.2) is 11.8 Å². The third kappa shape index (κ3) is 2.03. The van der Waals surface area contributed by atoms with E-state index in [0.717, 1.165) is 19.3 Å². The van der Waals surface area contributed by atoms with Crippen LogP contribution in [0.2, 0.25) is 5.02 Å². The maximum Gasteiger partial charge on any atom is 0.237 e. The van der Waals surface area contributed by atoms with Gasteiger partial charge in [-0.2, -0.15) is 0 Å². The number of fused-ring (bicyclic) bond motifs is 1. The number of carbonyl (C=O) groups is 2. The first-order chi connectivity index (χ1) is 9.49. The Labute approximate surface area is 121 Å². The molecule has 0 N–H and O–H groups in total. The van der Waals surface area contributed by atoms with E-state index in [9.17, 15) is 14.0 Å². The number of carbonyl (C=O) groups excluding carboxylic acids is 2. The lowest BCUT2D eigenvalue weighted by Gasteiger charge is -2.25. The third-order valence-electron chi connectivity index (χ3n) is 4.35. The molecule has 0 bridgehead atoms. The third-order valence-corrected chi connectivity index (χ3v) is 4.64. The molecule has 1 saturated carbocycles. The van der Waals surface area contributed by atoms with Gasteiger partial charge in [0, 0.05) is 0 Å². The van der Waals surface area contributed by atoms with Crippen LogP contribution in [0.3, 0.4) is 0 Å². The van der Waals surface area contributed by atoms with Crippen molar-refractivity contribution in [2.24, 2.45) is 17.8 Å². The zero-order chi connectivity index (χ0) is 14.4. The van der Waals surface area contributed by atoms with Crippen LogP contribution in [0.1, 0.15) is 26.2 Å². The number of benzene rings is 1. The predicted octanol–water partition coefficient (Wildman–Crippen LogP) is 3.40. The first-order valence-electron chi connectivity index (χ1n) is 6.82. The molecule has 0 aromatic heterocycles. The van der Waals surface area contributed by atoms with E-state index in [1.165, 1.54) is 23.1 Å². The van der Waals surface area contributed by atoms with Crippen LogP contribution in [0.5, 0.6) is 0 Å². The minimum absolute atomic E-state index is 0.0775. The molecule has 2 amide bonds. The first-order valence-corrected chi connectivity index (χ1v) is 7.19. The Hall–Kier alpha value is -1.42. The molecule has 0 radical (unpaired) electrons. The molecule has 2 fully saturated rings. The maximum absolute atomic E-state index is 13.2. The quantitative estimate of drug-likeness (QED) is 0.745. The minimum atomic E-state index is -0.555. The van der Waals surface area contributed by atoms with Gasteiger partial charge in [-0.25, -0.2) is 4.39 Å². The van der Waals surface area contributed by atoms with Gasteiger partial charge < -0.3 is 0 Å². The summed E-state index contributed by atoms with van der Waals surface area (Å²) in [6, 6.07) is 3.95. The van der Waals surface area contributed by atoms with Gasteiger partial charge in [0.05, 0.1) is 22.5 Å². The number of nitrogens with zero attached hydrogens (tertiary/aromatic N) is 1. The number of anilines is 1. The average molecular weight is 296 g/mol. The van der Waals surface area contributed by atoms with Crippen LogP contribution >= 0.6 is 11.6 Å². The monoisotopic (exact) mass is 295 g/mol. The van der Waals surface area contributed by atoms with Crippen molar-refractivity contribution >= 4 is 29.1 Å². The largest absolute Gasteiger partial charge is 0.274 e. The normalized spacial score (nSPS) is 29.8. The van der Waals surface area contributed by atoms with Crippen molar-refractivity contribution in [3.8, 4) is 0 Å². The molecule has 1 aliphatic heterocycles. The van der Waals surface area contributed by atoms with Gasteiger partial charge in [0.15, 0.2) is 0 Å². The van der Waals surface area contributed by atoms with Crippen LogP contribution < -0.4 is 4.90 Å². The Bertz CT molecular complexity index is 589. The molecule has 1 saturated heterocycles. The van der Waals surface area contributed by atoms with Crippen molar-refractivity contribution < 1.29 is 14.0 Å². The van der Waals surface area contributed by atoms with Gasteiger partial charge in [0.2, 0.25) is 11.8 Å². The molecule has 1 aromatic rings. The smallest absolute Gasteiger partial charge is 0.237 e. The van der Waals surface area contributed by atoms with Crippen molar-refractivity contribution in [2.45, 2.75) is 26.2 Å². The van der Waals surface area contributed by atoms with Crippen molar-refractivity contribution in [1.29, 1.82) is 0 Å². The standard InChI is InChI=1S/C15H15ClFNO2/c1-8-2-4-10-11(6-8)15(20)18(14(10)19)9-3-5-13(17)12(16)7-9/h3,5,7-8,10-11H,2,4,6H2,1H3/t8-,10+,11+/m0/s1. The summed E-state index contributed by atoms with van der Waals surface area (Å²) in [6.07, 6.45) is 2.47. The van der Waals surface area contributed by atoms with E-state index in [-0.39, 0.29) is 28.7 Å². The number of amides is 2. The lowest BCUT2D eigenvalue weighted by molar-refractivity contribution is -0.122. The van der Waals surface area contributed by atoms with E-state index in [4.69, 9.17) is 11.6 Å². The van der Waals surface area contributed by atoms with Crippen molar-refractivity contribution in [3.63, 3.8) is 0 Å². The number of halogens is 2. The zero-order valence-corrected chi connectivity index (χ0v) is 11.9. The van der Waals surface area contributed by atoms with E-state index < -0.39 is 5.82 Å². The highest BCUT2D eigenvalue weighted by Gasteiger charge is 2.49. The molecule has 1 heterocycles. The summed E-state index contributed by atoms with van der Waals surface area (Å²) in [6.45, 7) is 2.10. The lowest BCUT2D eigenvalue weighted by atomic mass is 9.76. The second kappa shape index (κ2) is 4.85. The van der Waals surface area contributed by atoms with Gasteiger partial charge >= 0.3 is 0 Å². The lowest BCUT2D eigenvalue weighted by Crippen LogP contribution is -2.30. The molecule has 1 aromatic carbocycles. The molecule has 3 atom stereocenters. The van der Waals surface area contributed by atoms with Gasteiger partial charge in [-0.05, 0) is 43.4 Å². The molecule has 5 heteroatoms. The van der Waals surface area contributed by atoms with Crippen molar-refractivity contribution in [3.05, 3.63) is 29.0 Å². The highest BCUT2D eigenvalue weighted by Crippen LogP contribution is 2.42. The van der Waals surface area contributed by atoms with Crippen LogP contribution in [-0.2, 0) is 9.59 Å². The Morgan fingerprint density at radius 2 is 1.90 bits per heavy atom. The SMILES string of the molecule is C[C@H]1CC[C@H]2C(=O)N(c3ccc(F)c(Cl)c3)C(=O)[C@@H]2C1. The van der Waals surface area contributed by atoms with Crippen molar-refractivity contribution in [2.75, 3.05) is 4.90 Å². The molecule has 0 unspecified atom stereocenters. The summed E-state index contributed by atoms with van der Waals surface area (Å²) >= 11 is 5.74. The Balaban J connectivity index is 1.96. The Kier molecular flexibility index (Phi) is 3.28. The summed E-state index contributed by atoms with van der Waals surface area (Å²) in [5, 5.41) is -0.0775. The molecule has 2 aliphatic rings. The van der Waals surface area contributed by atoms with E-state index in [2.05, 4.69) is 6.92 Å². The second-order valence-electron chi connectivity index (χ2n) is 5.74. The van der Waals surface area contributed by atoms with Crippen LogP contribution in [0.4, 0.5) is 10.1 Å². The molecule has 3 rings (SSSR count). The van der Waals surface area contributed by atoms with Gasteiger partial charge in [0.1, 0.15) is 5.82 Å². The summed E-state index contributed by atoms with van der Waals surface area (Å²) in [4.78, 5) is 26.1. The van der Waals surface area contributed by atoms with E-state index in [1.807, 2.05) is 0 Å². The van der Waals surface area contributed by atoms with Crippen LogP contribution in [0.15, 0.2) is 18.2 Å². The fraction of sp³-hybridized carbons (Fsp3) is 0.467. The first kappa shape index (κ1) is 13.6. The minimum Gasteiger partial charge on any atom is -0.274 e. The number of hydrogen-bond donors (Lipinski definition) is 0. The summed E-state index contributed by atoms with van der Waals surface area (Å²) in [5.41, 5.74) is 0.369. The molecule has 1 aliphatic carbocycles. The number of rotatable bonds is 1. The van der Waals surface area contributed by atoms with E-state index in [1.54, 1.807) is 0 Å². The van der Waals surface area contributed by atoms with Gasteiger partial charge in [-0.15, -0.1) is 0 Å². The predicted molar refractivity (Wildman–Crippen MR) is 73.9 cm³/mol. The summed E-state index contributed by atoms with van der Waals surface area (Å²) < 4.78 is 13.2. The molecule has 20 heavy (non-hydrogen) atoms. The number of hydrogen-bond acceptors (Lipinski definition) is 2. The zero-order valence-electron chi connectivity index (χ0n) is 11.1. The molecular formula is C15H15ClFNO2. The fourth-order valence-electron chi connectivity index (χ4n) is 3.27. The summed E-state index contributed by atoms with van der Waals surface area (Å²) in [7, 11) is 0. The fourth-order valence-corrected chi connectivity index (χ4v) is 3.44. The highest BCUT2D eigenvalue weighted by molar-refractivity contribution is 6.31. The number of imide groups is 1. The average Bonchev–Trinajstić information content (AvgIpc) is 2.65. The molecule has 3 nitrogen and oxygen atoms in total. The van der Waals surface area contributed by atoms with Gasteiger partial charge in [-0.3, -0.25) is 14.5 Å². The molecule has 0 spiro atoms. The topological polar surface area (TPSA) is 37.4 Å². The van der Waals surface area contributed by atoms with Crippen LogP contribution in [0, 0.1) is 23.6 Å². The Morgan fingerprint density at radius 1 is 1.20 bits per heavy atom. The Morgan fingerprint density at radius 3 is 2.60 bits per heavy atom. The highest BCUT2D eigenvalue weighted by atomic mass is 35.5. The second-order valence-corrected chi connectivity index (χ2v) is 6.15. The van der Waals surface area contributed by atoms with E-state index in [0.29, 0.717) is 11.6 Å². The van der Waals surface area contributed by atoms with Crippen molar-refractivity contribution in [1.82, 2.24) is 0 Å². The maximum atomic E-state index is 13.2. The molecule has 106 valence electrons. The molecular weight excluding hydrogens is 281 g/mol. The van der Waals surface area contributed by atoms with E-state index >= 15 is 0 Å². The van der Waals surface area contributed by atoms with Crippen LogP contribution in [0.25, 0.3) is 0 Å². The van der Waals surface area contributed by atoms with Gasteiger partial charge in [0.25, 0.3) is 0 Å².